The molecule has 130 valence electrons. The van der Waals surface area contributed by atoms with Crippen LogP contribution in [0.5, 0.6) is 0 Å². The fraction of sp³-hybridized carbons (Fsp3) is 0.611. The van der Waals surface area contributed by atoms with Crippen molar-refractivity contribution in [2.75, 3.05) is 13.1 Å². The third kappa shape index (κ3) is 3.53. The summed E-state index contributed by atoms with van der Waals surface area (Å²) in [6.07, 6.45) is 6.67. The molecule has 0 saturated carbocycles. The van der Waals surface area contributed by atoms with Crippen LogP contribution in [0.1, 0.15) is 67.5 Å². The van der Waals surface area contributed by atoms with E-state index in [9.17, 15) is 4.79 Å². The average Bonchev–Trinajstić information content (AvgIpc) is 3.23. The third-order valence-corrected chi connectivity index (χ3v) is 5.56. The summed E-state index contributed by atoms with van der Waals surface area (Å²) in [5, 5.41) is 7.67. The first kappa shape index (κ1) is 17.1. The Kier molecular flexibility index (Phi) is 4.76. The number of carbonyl (C=O) groups is 1. The van der Waals surface area contributed by atoms with Crippen LogP contribution in [0.3, 0.4) is 0 Å². The van der Waals surface area contributed by atoms with Gasteiger partial charge in [-0.25, -0.2) is 4.98 Å². The highest BCUT2D eigenvalue weighted by atomic mass is 32.1. The molecule has 5 nitrogen and oxygen atoms in total. The highest BCUT2D eigenvalue weighted by molar-refractivity contribution is 7.09. The summed E-state index contributed by atoms with van der Waals surface area (Å²) >= 11 is 1.73. The van der Waals surface area contributed by atoms with Crippen molar-refractivity contribution in [2.24, 2.45) is 0 Å². The Morgan fingerprint density at radius 3 is 2.83 bits per heavy atom. The summed E-state index contributed by atoms with van der Waals surface area (Å²) in [6.45, 7) is 9.96. The van der Waals surface area contributed by atoms with E-state index >= 15 is 0 Å². The Balaban J connectivity index is 1.72. The topological polar surface area (TPSA) is 51.0 Å². The second kappa shape index (κ2) is 6.67. The molecule has 0 aromatic carbocycles. The van der Waals surface area contributed by atoms with Crippen molar-refractivity contribution in [2.45, 2.75) is 58.4 Å². The SMILES string of the molecule is CCc1csc([C@H]2CCCN(C(=O)c3cnn(C(C)(C)C)c3)C2)n1. The first-order valence-electron chi connectivity index (χ1n) is 8.67. The van der Waals surface area contributed by atoms with E-state index in [-0.39, 0.29) is 11.4 Å². The number of likely N-dealkylation sites (tertiary alicyclic amines) is 1. The number of rotatable bonds is 3. The van der Waals surface area contributed by atoms with E-state index < -0.39 is 0 Å². The predicted molar refractivity (Wildman–Crippen MR) is 96.6 cm³/mol. The fourth-order valence-electron chi connectivity index (χ4n) is 3.02. The van der Waals surface area contributed by atoms with Crippen LogP contribution < -0.4 is 0 Å². The number of hydrogen-bond donors (Lipinski definition) is 0. The molecule has 1 fully saturated rings. The van der Waals surface area contributed by atoms with Gasteiger partial charge in [0.1, 0.15) is 0 Å². The lowest BCUT2D eigenvalue weighted by molar-refractivity contribution is 0.0707. The Morgan fingerprint density at radius 1 is 1.42 bits per heavy atom. The van der Waals surface area contributed by atoms with E-state index in [1.165, 1.54) is 5.01 Å². The Morgan fingerprint density at radius 2 is 2.21 bits per heavy atom. The summed E-state index contributed by atoms with van der Waals surface area (Å²) in [5.41, 5.74) is 1.73. The van der Waals surface area contributed by atoms with Gasteiger partial charge in [-0.1, -0.05) is 6.92 Å². The van der Waals surface area contributed by atoms with Gasteiger partial charge in [0.25, 0.3) is 5.91 Å². The van der Waals surface area contributed by atoms with Crippen LogP contribution >= 0.6 is 11.3 Å². The zero-order chi connectivity index (χ0) is 17.3. The molecule has 1 aliphatic heterocycles. The van der Waals surface area contributed by atoms with Crippen LogP contribution in [-0.4, -0.2) is 38.7 Å². The fourth-order valence-corrected chi connectivity index (χ4v) is 4.05. The maximum absolute atomic E-state index is 12.8. The van der Waals surface area contributed by atoms with E-state index in [1.807, 2.05) is 15.8 Å². The van der Waals surface area contributed by atoms with E-state index in [0.717, 1.165) is 38.0 Å². The van der Waals surface area contributed by atoms with Gasteiger partial charge in [-0.05, 0) is 40.0 Å². The summed E-state index contributed by atoms with van der Waals surface area (Å²) in [5.74, 6) is 0.452. The number of nitrogens with zero attached hydrogens (tertiary/aromatic N) is 4. The molecule has 3 rings (SSSR count). The number of piperidine rings is 1. The van der Waals surface area contributed by atoms with Crippen molar-refractivity contribution in [3.05, 3.63) is 34.0 Å². The predicted octanol–water partition coefficient (Wildman–Crippen LogP) is 3.68. The molecule has 6 heteroatoms. The van der Waals surface area contributed by atoms with Crippen LogP contribution in [0.2, 0.25) is 0 Å². The van der Waals surface area contributed by atoms with Crippen molar-refractivity contribution in [3.8, 4) is 0 Å². The lowest BCUT2D eigenvalue weighted by atomic mass is 9.98. The van der Waals surface area contributed by atoms with Crippen molar-refractivity contribution in [1.29, 1.82) is 0 Å². The molecule has 0 unspecified atom stereocenters. The largest absolute Gasteiger partial charge is 0.338 e. The third-order valence-electron chi connectivity index (χ3n) is 4.51. The van der Waals surface area contributed by atoms with Crippen molar-refractivity contribution in [1.82, 2.24) is 19.7 Å². The van der Waals surface area contributed by atoms with E-state index in [4.69, 9.17) is 4.98 Å². The lowest BCUT2D eigenvalue weighted by Crippen LogP contribution is -2.39. The molecule has 2 aromatic heterocycles. The Labute approximate surface area is 147 Å². The quantitative estimate of drug-likeness (QED) is 0.852. The second-order valence-electron chi connectivity index (χ2n) is 7.47. The molecule has 0 aliphatic carbocycles. The van der Waals surface area contributed by atoms with Crippen molar-refractivity contribution >= 4 is 17.2 Å². The summed E-state index contributed by atoms with van der Waals surface area (Å²) in [4.78, 5) is 19.5. The zero-order valence-corrected chi connectivity index (χ0v) is 15.8. The van der Waals surface area contributed by atoms with Crippen molar-refractivity contribution in [3.63, 3.8) is 0 Å². The molecule has 3 heterocycles. The number of thiazole rings is 1. The summed E-state index contributed by atoms with van der Waals surface area (Å²) in [7, 11) is 0. The normalized spacial score (nSPS) is 18.8. The van der Waals surface area contributed by atoms with Crippen LogP contribution in [-0.2, 0) is 12.0 Å². The number of aromatic nitrogens is 3. The molecule has 0 spiro atoms. The summed E-state index contributed by atoms with van der Waals surface area (Å²) < 4.78 is 1.86. The van der Waals surface area contributed by atoms with E-state index in [2.05, 4.69) is 38.2 Å². The monoisotopic (exact) mass is 346 g/mol. The zero-order valence-electron chi connectivity index (χ0n) is 15.0. The molecule has 0 bridgehead atoms. The lowest BCUT2D eigenvalue weighted by Gasteiger charge is -2.31. The molecule has 1 saturated heterocycles. The van der Waals surface area contributed by atoms with Crippen LogP contribution in [0.15, 0.2) is 17.8 Å². The van der Waals surface area contributed by atoms with Gasteiger partial charge in [-0.15, -0.1) is 11.3 Å². The molecule has 0 radical (unpaired) electrons. The van der Waals surface area contributed by atoms with Crippen LogP contribution in [0, 0.1) is 0 Å². The van der Waals surface area contributed by atoms with Gasteiger partial charge in [0.15, 0.2) is 0 Å². The molecule has 1 amide bonds. The molecule has 1 atom stereocenters. The molecule has 2 aromatic rings. The highest BCUT2D eigenvalue weighted by Gasteiger charge is 2.28. The Bertz CT molecular complexity index is 713. The first-order valence-corrected chi connectivity index (χ1v) is 9.55. The van der Waals surface area contributed by atoms with Gasteiger partial charge < -0.3 is 4.90 Å². The van der Waals surface area contributed by atoms with Gasteiger partial charge in [0.05, 0.1) is 28.0 Å². The molecular weight excluding hydrogens is 320 g/mol. The van der Waals surface area contributed by atoms with Gasteiger partial charge >= 0.3 is 0 Å². The van der Waals surface area contributed by atoms with E-state index in [1.54, 1.807) is 17.5 Å². The van der Waals surface area contributed by atoms with E-state index in [0.29, 0.717) is 11.5 Å². The van der Waals surface area contributed by atoms with Crippen LogP contribution in [0.25, 0.3) is 0 Å². The number of amides is 1. The van der Waals surface area contributed by atoms with Gasteiger partial charge in [0, 0.05) is 30.6 Å². The standard InChI is InChI=1S/C18H26N4OS/c1-5-15-12-24-16(20-15)13-7-6-8-21(10-13)17(23)14-9-19-22(11-14)18(2,3)4/h9,11-13H,5-8,10H2,1-4H3/t13-/m0/s1. The molecule has 0 N–H and O–H groups in total. The van der Waals surface area contributed by atoms with Crippen molar-refractivity contribution < 1.29 is 4.79 Å². The maximum atomic E-state index is 12.8. The molecule has 24 heavy (non-hydrogen) atoms. The smallest absolute Gasteiger partial charge is 0.257 e. The first-order chi connectivity index (χ1) is 11.4. The minimum Gasteiger partial charge on any atom is -0.338 e. The van der Waals surface area contributed by atoms with Gasteiger partial charge in [0.2, 0.25) is 0 Å². The molecular formula is C18H26N4OS. The maximum Gasteiger partial charge on any atom is 0.257 e. The minimum absolute atomic E-state index is 0.0856. The van der Waals surface area contributed by atoms with Crippen LogP contribution in [0.4, 0.5) is 0 Å². The number of aryl methyl sites for hydroxylation is 1. The molecule has 1 aliphatic rings. The van der Waals surface area contributed by atoms with Gasteiger partial charge in [-0.2, -0.15) is 5.10 Å². The van der Waals surface area contributed by atoms with Gasteiger partial charge in [-0.3, -0.25) is 9.48 Å². The second-order valence-corrected chi connectivity index (χ2v) is 8.36. The number of hydrogen-bond acceptors (Lipinski definition) is 4. The highest BCUT2D eigenvalue weighted by Crippen LogP contribution is 2.30. The summed E-state index contributed by atoms with van der Waals surface area (Å²) in [6, 6.07) is 0. The Hall–Kier alpha value is -1.69. The number of carbonyl (C=O) groups excluding carboxylic acids is 1. The average molecular weight is 347 g/mol. The minimum atomic E-state index is -0.111.